The van der Waals surface area contributed by atoms with E-state index in [1.54, 1.807) is 0 Å². The highest BCUT2D eigenvalue weighted by Crippen LogP contribution is 2.19. The van der Waals surface area contributed by atoms with Crippen LogP contribution in [0.1, 0.15) is 81.1 Å². The standard InChI is InChI=1S/C21H33NO/c1-3-4-5-6-7-8-9-19-10-12-20(13-11-19)21(23)22-16-14-18(2)15-17-22/h10-13,18H,3-9,14-17H2,1-2H3. The molecule has 0 saturated carbocycles. The molecule has 2 rings (SSSR count). The molecule has 1 aliphatic heterocycles. The summed E-state index contributed by atoms with van der Waals surface area (Å²) in [5.41, 5.74) is 2.22. The first-order valence-electron chi connectivity index (χ1n) is 9.59. The summed E-state index contributed by atoms with van der Waals surface area (Å²) in [6, 6.07) is 8.33. The Kier molecular flexibility index (Phi) is 7.64. The van der Waals surface area contributed by atoms with Gasteiger partial charge in [0.1, 0.15) is 0 Å². The summed E-state index contributed by atoms with van der Waals surface area (Å²) in [5, 5.41) is 0. The van der Waals surface area contributed by atoms with E-state index in [1.807, 2.05) is 17.0 Å². The van der Waals surface area contributed by atoms with Crippen LogP contribution < -0.4 is 0 Å². The van der Waals surface area contributed by atoms with E-state index < -0.39 is 0 Å². The van der Waals surface area contributed by atoms with Crippen LogP contribution >= 0.6 is 0 Å². The first-order valence-corrected chi connectivity index (χ1v) is 9.59. The Morgan fingerprint density at radius 1 is 1.00 bits per heavy atom. The molecule has 0 atom stereocenters. The molecule has 0 bridgehead atoms. The van der Waals surface area contributed by atoms with Crippen molar-refractivity contribution in [2.75, 3.05) is 13.1 Å². The molecule has 0 aromatic heterocycles. The molecule has 23 heavy (non-hydrogen) atoms. The van der Waals surface area contributed by atoms with Crippen LogP contribution in [-0.2, 0) is 6.42 Å². The molecule has 0 spiro atoms. The number of benzene rings is 1. The van der Waals surface area contributed by atoms with Crippen LogP contribution in [-0.4, -0.2) is 23.9 Å². The topological polar surface area (TPSA) is 20.3 Å². The number of nitrogens with zero attached hydrogens (tertiary/aromatic N) is 1. The zero-order valence-electron chi connectivity index (χ0n) is 15.0. The maximum Gasteiger partial charge on any atom is 0.253 e. The van der Waals surface area contributed by atoms with Gasteiger partial charge in [0.2, 0.25) is 0 Å². The number of carbonyl (C=O) groups excluding carboxylic acids is 1. The number of rotatable bonds is 8. The second kappa shape index (κ2) is 9.75. The van der Waals surface area contributed by atoms with Crippen molar-refractivity contribution >= 4 is 5.91 Å². The van der Waals surface area contributed by atoms with Crippen molar-refractivity contribution in [1.29, 1.82) is 0 Å². The molecule has 2 nitrogen and oxygen atoms in total. The highest BCUT2D eigenvalue weighted by atomic mass is 16.2. The molecule has 1 amide bonds. The van der Waals surface area contributed by atoms with Crippen molar-refractivity contribution in [3.63, 3.8) is 0 Å². The number of hydrogen-bond acceptors (Lipinski definition) is 1. The Balaban J connectivity index is 1.74. The van der Waals surface area contributed by atoms with Gasteiger partial charge >= 0.3 is 0 Å². The fourth-order valence-corrected chi connectivity index (χ4v) is 3.32. The van der Waals surface area contributed by atoms with E-state index in [0.717, 1.165) is 43.8 Å². The third-order valence-electron chi connectivity index (χ3n) is 5.09. The van der Waals surface area contributed by atoms with E-state index in [9.17, 15) is 4.79 Å². The fourth-order valence-electron chi connectivity index (χ4n) is 3.32. The van der Waals surface area contributed by atoms with E-state index in [-0.39, 0.29) is 5.91 Å². The van der Waals surface area contributed by atoms with E-state index in [0.29, 0.717) is 0 Å². The fraction of sp³-hybridized carbons (Fsp3) is 0.667. The molecular formula is C21H33NO. The van der Waals surface area contributed by atoms with Gasteiger partial charge in [0.05, 0.1) is 0 Å². The van der Waals surface area contributed by atoms with Gasteiger partial charge in [-0.3, -0.25) is 4.79 Å². The van der Waals surface area contributed by atoms with Crippen molar-refractivity contribution in [1.82, 2.24) is 4.90 Å². The Morgan fingerprint density at radius 2 is 1.61 bits per heavy atom. The number of piperidine rings is 1. The zero-order valence-corrected chi connectivity index (χ0v) is 15.0. The summed E-state index contributed by atoms with van der Waals surface area (Å²) in [5.74, 6) is 0.974. The lowest BCUT2D eigenvalue weighted by molar-refractivity contribution is 0.0697. The predicted molar refractivity (Wildman–Crippen MR) is 97.8 cm³/mol. The van der Waals surface area contributed by atoms with Crippen molar-refractivity contribution < 1.29 is 4.79 Å². The van der Waals surface area contributed by atoms with Gasteiger partial charge in [-0.05, 0) is 49.3 Å². The first kappa shape index (κ1) is 18.0. The molecule has 128 valence electrons. The maximum atomic E-state index is 12.5. The van der Waals surface area contributed by atoms with Gasteiger partial charge < -0.3 is 4.90 Å². The van der Waals surface area contributed by atoms with Gasteiger partial charge in [-0.25, -0.2) is 0 Å². The van der Waals surface area contributed by atoms with E-state index >= 15 is 0 Å². The summed E-state index contributed by atoms with van der Waals surface area (Å²) in [7, 11) is 0. The van der Waals surface area contributed by atoms with Crippen LogP contribution in [0.3, 0.4) is 0 Å². The number of likely N-dealkylation sites (tertiary alicyclic amines) is 1. The Labute approximate surface area is 142 Å². The molecule has 1 aliphatic rings. The number of unbranched alkanes of at least 4 members (excludes halogenated alkanes) is 5. The molecule has 1 heterocycles. The van der Waals surface area contributed by atoms with Crippen molar-refractivity contribution in [3.8, 4) is 0 Å². The van der Waals surface area contributed by atoms with Crippen LogP contribution in [0.5, 0.6) is 0 Å². The average Bonchev–Trinajstić information content (AvgIpc) is 2.58. The summed E-state index contributed by atoms with van der Waals surface area (Å²) in [6.45, 7) is 6.37. The maximum absolute atomic E-state index is 12.5. The summed E-state index contributed by atoms with van der Waals surface area (Å²) in [6.07, 6.45) is 11.4. The van der Waals surface area contributed by atoms with Gasteiger partial charge in [-0.2, -0.15) is 0 Å². The minimum absolute atomic E-state index is 0.211. The van der Waals surface area contributed by atoms with Crippen molar-refractivity contribution in [3.05, 3.63) is 35.4 Å². The van der Waals surface area contributed by atoms with Crippen molar-refractivity contribution in [2.45, 2.75) is 71.6 Å². The van der Waals surface area contributed by atoms with Gasteiger partial charge in [0.25, 0.3) is 5.91 Å². The molecule has 1 aromatic carbocycles. The number of amides is 1. The first-order chi connectivity index (χ1) is 11.2. The molecule has 1 aromatic rings. The quantitative estimate of drug-likeness (QED) is 0.583. The van der Waals surface area contributed by atoms with E-state index in [1.165, 1.54) is 44.1 Å². The van der Waals surface area contributed by atoms with Gasteiger partial charge in [0, 0.05) is 18.7 Å². The molecule has 2 heteroatoms. The summed E-state index contributed by atoms with van der Waals surface area (Å²) >= 11 is 0. The number of hydrogen-bond donors (Lipinski definition) is 0. The summed E-state index contributed by atoms with van der Waals surface area (Å²) < 4.78 is 0. The lowest BCUT2D eigenvalue weighted by Crippen LogP contribution is -2.37. The van der Waals surface area contributed by atoms with Crippen LogP contribution in [0.25, 0.3) is 0 Å². The minimum Gasteiger partial charge on any atom is -0.339 e. The molecule has 1 fully saturated rings. The van der Waals surface area contributed by atoms with E-state index in [2.05, 4.69) is 26.0 Å². The van der Waals surface area contributed by atoms with Gasteiger partial charge in [-0.1, -0.05) is 58.1 Å². The minimum atomic E-state index is 0.211. The van der Waals surface area contributed by atoms with Crippen LogP contribution in [0.2, 0.25) is 0 Å². The summed E-state index contributed by atoms with van der Waals surface area (Å²) in [4.78, 5) is 14.5. The molecule has 0 aliphatic carbocycles. The smallest absolute Gasteiger partial charge is 0.253 e. The second-order valence-electron chi connectivity index (χ2n) is 7.19. The molecular weight excluding hydrogens is 282 g/mol. The van der Waals surface area contributed by atoms with Crippen LogP contribution in [0.4, 0.5) is 0 Å². The molecule has 0 N–H and O–H groups in total. The predicted octanol–water partition coefficient (Wildman–Crippen LogP) is 5.46. The number of aryl methyl sites for hydroxylation is 1. The van der Waals surface area contributed by atoms with Gasteiger partial charge in [-0.15, -0.1) is 0 Å². The normalized spacial score (nSPS) is 15.8. The second-order valence-corrected chi connectivity index (χ2v) is 7.19. The third-order valence-corrected chi connectivity index (χ3v) is 5.09. The van der Waals surface area contributed by atoms with Crippen LogP contribution in [0, 0.1) is 5.92 Å². The lowest BCUT2D eigenvalue weighted by Gasteiger charge is -2.30. The SMILES string of the molecule is CCCCCCCCc1ccc(C(=O)N2CCC(C)CC2)cc1. The highest BCUT2D eigenvalue weighted by Gasteiger charge is 2.21. The highest BCUT2D eigenvalue weighted by molar-refractivity contribution is 5.94. The third kappa shape index (κ3) is 6.01. The Hall–Kier alpha value is -1.31. The van der Waals surface area contributed by atoms with Gasteiger partial charge in [0.15, 0.2) is 0 Å². The Bertz CT molecular complexity index is 457. The van der Waals surface area contributed by atoms with Crippen molar-refractivity contribution in [2.24, 2.45) is 5.92 Å². The molecule has 0 unspecified atom stereocenters. The zero-order chi connectivity index (χ0) is 16.5. The Morgan fingerprint density at radius 3 is 2.26 bits per heavy atom. The molecule has 1 saturated heterocycles. The average molecular weight is 316 g/mol. The van der Waals surface area contributed by atoms with Crippen LogP contribution in [0.15, 0.2) is 24.3 Å². The molecule has 0 radical (unpaired) electrons. The van der Waals surface area contributed by atoms with E-state index in [4.69, 9.17) is 0 Å². The monoisotopic (exact) mass is 315 g/mol. The lowest BCUT2D eigenvalue weighted by atomic mass is 9.98. The largest absolute Gasteiger partial charge is 0.339 e. The number of carbonyl (C=O) groups is 1.